The van der Waals surface area contributed by atoms with Crippen LogP contribution in [0.2, 0.25) is 0 Å². The molecule has 3 rings (SSSR count). The molecule has 1 atom stereocenters. The van der Waals surface area contributed by atoms with Crippen LogP contribution in [0.5, 0.6) is 11.5 Å². The highest BCUT2D eigenvalue weighted by molar-refractivity contribution is 6.63. The number of rotatable bonds is 1. The fourth-order valence-electron chi connectivity index (χ4n) is 2.02. The number of ether oxygens (including phenoxy) is 2. The van der Waals surface area contributed by atoms with Crippen LogP contribution in [0.25, 0.3) is 0 Å². The third kappa shape index (κ3) is 1.16. The minimum Gasteiger partial charge on any atom is -0.454 e. The largest absolute Gasteiger partial charge is 0.496 e. The summed E-state index contributed by atoms with van der Waals surface area (Å²) in [5.41, 5.74) is 7.08. The first-order chi connectivity index (χ1) is 7.31. The molecule has 1 aromatic rings. The van der Waals surface area contributed by atoms with Crippen LogP contribution in [0.1, 0.15) is 11.7 Å². The number of hydrogen-bond acceptors (Lipinski definition) is 5. The summed E-state index contributed by atoms with van der Waals surface area (Å²) in [7, 11) is -0.967. The summed E-state index contributed by atoms with van der Waals surface area (Å²) < 4.78 is 15.8. The van der Waals surface area contributed by atoms with Crippen molar-refractivity contribution in [2.24, 2.45) is 5.73 Å². The van der Waals surface area contributed by atoms with E-state index in [1.54, 1.807) is 0 Å². The van der Waals surface area contributed by atoms with Crippen LogP contribution in [-0.2, 0) is 4.65 Å². The Bertz CT molecular complexity index is 411. The Morgan fingerprint density at radius 3 is 3.13 bits per heavy atom. The number of nitrogens with two attached hydrogens (primary N) is 1. The van der Waals surface area contributed by atoms with Crippen molar-refractivity contribution < 1.29 is 19.2 Å². The molecule has 0 saturated heterocycles. The van der Waals surface area contributed by atoms with Crippen LogP contribution in [0, 0.1) is 0 Å². The first kappa shape index (κ1) is 9.02. The molecule has 1 aromatic carbocycles. The lowest BCUT2D eigenvalue weighted by Crippen LogP contribution is -2.29. The molecule has 2 aliphatic heterocycles. The highest BCUT2D eigenvalue weighted by Gasteiger charge is 2.39. The quantitative estimate of drug-likeness (QED) is 0.585. The number of benzene rings is 1. The Morgan fingerprint density at radius 1 is 1.47 bits per heavy atom. The lowest BCUT2D eigenvalue weighted by molar-refractivity contribution is 0.174. The molecule has 78 valence electrons. The number of hydrogen-bond donors (Lipinski definition) is 2. The Kier molecular flexibility index (Phi) is 1.88. The summed E-state index contributed by atoms with van der Waals surface area (Å²) in [5.74, 6) is 1.23. The van der Waals surface area contributed by atoms with Crippen LogP contribution in [-0.4, -0.2) is 25.5 Å². The van der Waals surface area contributed by atoms with Gasteiger partial charge in [-0.2, -0.15) is 0 Å². The highest BCUT2D eigenvalue weighted by atomic mass is 16.7. The normalized spacial score (nSPS) is 22.0. The predicted octanol–water partition coefficient (Wildman–Crippen LogP) is -0.867. The van der Waals surface area contributed by atoms with Crippen molar-refractivity contribution in [3.63, 3.8) is 0 Å². The van der Waals surface area contributed by atoms with Crippen molar-refractivity contribution >= 4 is 12.6 Å². The summed E-state index contributed by atoms with van der Waals surface area (Å²) in [6.07, 6.45) is -0.260. The third-order valence-electron chi connectivity index (χ3n) is 2.71. The lowest BCUT2D eigenvalue weighted by atomic mass is 9.78. The fraction of sp³-hybridized carbons (Fsp3) is 0.333. The summed E-state index contributed by atoms with van der Waals surface area (Å²) in [4.78, 5) is 0. The lowest BCUT2D eigenvalue weighted by Gasteiger charge is -2.08. The molecule has 6 heteroatoms. The van der Waals surface area contributed by atoms with E-state index < -0.39 is 7.12 Å². The third-order valence-corrected chi connectivity index (χ3v) is 2.71. The van der Waals surface area contributed by atoms with E-state index in [0.717, 1.165) is 5.56 Å². The average Bonchev–Trinajstić information content (AvgIpc) is 2.81. The van der Waals surface area contributed by atoms with Crippen molar-refractivity contribution in [1.29, 1.82) is 0 Å². The molecule has 5 nitrogen and oxygen atoms in total. The van der Waals surface area contributed by atoms with Crippen molar-refractivity contribution in [2.75, 3.05) is 13.3 Å². The molecule has 15 heavy (non-hydrogen) atoms. The molecule has 0 bridgehead atoms. The molecule has 2 heterocycles. The maximum Gasteiger partial charge on any atom is 0.496 e. The van der Waals surface area contributed by atoms with Gasteiger partial charge in [-0.1, -0.05) is 6.07 Å². The molecule has 3 N–H and O–H groups in total. The van der Waals surface area contributed by atoms with Gasteiger partial charge in [0.25, 0.3) is 0 Å². The maximum atomic E-state index is 9.73. The van der Waals surface area contributed by atoms with E-state index >= 15 is 0 Å². The Labute approximate surface area is 86.9 Å². The number of fused-ring (bicyclic) bond motifs is 3. The van der Waals surface area contributed by atoms with Crippen LogP contribution in [0.3, 0.4) is 0 Å². The summed E-state index contributed by atoms with van der Waals surface area (Å²) in [6, 6.07) is 3.67. The topological polar surface area (TPSA) is 73.9 Å². The van der Waals surface area contributed by atoms with Crippen LogP contribution in [0.4, 0.5) is 0 Å². The zero-order valence-corrected chi connectivity index (χ0v) is 7.97. The standard InChI is InChI=1S/C9H10BNO4/c11-3-7-5-1-2-6-9(14-4-13-6)8(5)10(12)15-7/h1-2,7,12H,3-4,11H2/t7-/m0/s1. The smallest absolute Gasteiger partial charge is 0.454 e. The summed E-state index contributed by atoms with van der Waals surface area (Å²) in [6.45, 7) is 0.523. The zero-order valence-electron chi connectivity index (χ0n) is 7.97. The van der Waals surface area contributed by atoms with Gasteiger partial charge in [-0.05, 0) is 11.6 Å². The second-order valence-corrected chi connectivity index (χ2v) is 3.52. The van der Waals surface area contributed by atoms with Gasteiger partial charge >= 0.3 is 7.12 Å². The van der Waals surface area contributed by atoms with Crippen molar-refractivity contribution in [1.82, 2.24) is 0 Å². The summed E-state index contributed by atoms with van der Waals surface area (Å²) in [5, 5.41) is 9.73. The Morgan fingerprint density at radius 2 is 2.33 bits per heavy atom. The van der Waals surface area contributed by atoms with E-state index in [1.807, 2.05) is 12.1 Å². The van der Waals surface area contributed by atoms with Gasteiger partial charge in [0.1, 0.15) is 0 Å². The molecular formula is C9H10BNO4. The second-order valence-electron chi connectivity index (χ2n) is 3.52. The first-order valence-electron chi connectivity index (χ1n) is 4.77. The van der Waals surface area contributed by atoms with Gasteiger partial charge in [0.15, 0.2) is 11.5 Å². The molecule has 0 unspecified atom stereocenters. The SMILES string of the molecule is NC[C@@H]1OB(O)c2c1ccc1c2OCO1. The molecule has 2 aliphatic rings. The van der Waals surface area contributed by atoms with Gasteiger partial charge in [-0.3, -0.25) is 0 Å². The predicted molar refractivity (Wildman–Crippen MR) is 53.1 cm³/mol. The van der Waals surface area contributed by atoms with Gasteiger partial charge in [-0.25, -0.2) is 0 Å². The Hall–Kier alpha value is -1.24. The molecule has 0 spiro atoms. The van der Waals surface area contributed by atoms with E-state index in [2.05, 4.69) is 0 Å². The molecule has 0 fully saturated rings. The van der Waals surface area contributed by atoms with Crippen LogP contribution >= 0.6 is 0 Å². The van der Waals surface area contributed by atoms with Gasteiger partial charge < -0.3 is 24.9 Å². The molecule has 0 aliphatic carbocycles. The molecule has 0 amide bonds. The molecular weight excluding hydrogens is 197 g/mol. The van der Waals surface area contributed by atoms with E-state index in [4.69, 9.17) is 19.9 Å². The summed E-state index contributed by atoms with van der Waals surface area (Å²) >= 11 is 0. The van der Waals surface area contributed by atoms with Gasteiger partial charge in [0.05, 0.1) is 6.10 Å². The van der Waals surface area contributed by atoms with E-state index in [0.29, 0.717) is 23.5 Å². The minimum absolute atomic E-state index is 0.186. The van der Waals surface area contributed by atoms with Crippen molar-refractivity contribution in [3.05, 3.63) is 17.7 Å². The van der Waals surface area contributed by atoms with Crippen LogP contribution < -0.4 is 20.7 Å². The molecule has 0 radical (unpaired) electrons. The maximum absolute atomic E-state index is 9.73. The monoisotopic (exact) mass is 207 g/mol. The minimum atomic E-state index is -0.967. The van der Waals surface area contributed by atoms with E-state index in [9.17, 15) is 5.02 Å². The first-order valence-corrected chi connectivity index (χ1v) is 4.77. The zero-order chi connectivity index (χ0) is 10.4. The van der Waals surface area contributed by atoms with Gasteiger partial charge in [0, 0.05) is 12.0 Å². The Balaban J connectivity index is 2.16. The van der Waals surface area contributed by atoms with E-state index in [-0.39, 0.29) is 12.9 Å². The molecule has 0 saturated carbocycles. The van der Waals surface area contributed by atoms with Gasteiger partial charge in [-0.15, -0.1) is 0 Å². The van der Waals surface area contributed by atoms with Crippen molar-refractivity contribution in [2.45, 2.75) is 6.10 Å². The van der Waals surface area contributed by atoms with E-state index in [1.165, 1.54) is 0 Å². The fourth-order valence-corrected chi connectivity index (χ4v) is 2.02. The van der Waals surface area contributed by atoms with Crippen LogP contribution in [0.15, 0.2) is 12.1 Å². The highest BCUT2D eigenvalue weighted by Crippen LogP contribution is 2.36. The second kappa shape index (κ2) is 3.13. The van der Waals surface area contributed by atoms with Gasteiger partial charge in [0.2, 0.25) is 6.79 Å². The average molecular weight is 207 g/mol. The molecule has 0 aromatic heterocycles. The van der Waals surface area contributed by atoms with Crippen molar-refractivity contribution in [3.8, 4) is 11.5 Å².